The van der Waals surface area contributed by atoms with Crippen LogP contribution < -0.4 is 4.72 Å². The number of rotatable bonds is 6. The van der Waals surface area contributed by atoms with E-state index < -0.39 is 16.1 Å². The molecule has 1 atom stereocenters. The SMILES string of the molecule is Cc1cccc(S(=O)(=O)NCCC(O)c2ccccc2)c1. The molecule has 112 valence electrons. The van der Waals surface area contributed by atoms with Crippen LogP contribution in [0.3, 0.4) is 0 Å². The van der Waals surface area contributed by atoms with Gasteiger partial charge < -0.3 is 5.11 Å². The molecule has 2 aromatic rings. The van der Waals surface area contributed by atoms with Crippen LogP contribution in [0.5, 0.6) is 0 Å². The standard InChI is InChI=1S/C16H19NO3S/c1-13-6-5-9-15(12-13)21(19,20)17-11-10-16(18)14-7-3-2-4-8-14/h2-9,12,16-18H,10-11H2,1H3. The average molecular weight is 305 g/mol. The topological polar surface area (TPSA) is 66.4 Å². The molecule has 5 heteroatoms. The number of sulfonamides is 1. The lowest BCUT2D eigenvalue weighted by atomic mass is 10.1. The van der Waals surface area contributed by atoms with Crippen LogP contribution in [0.15, 0.2) is 59.5 Å². The van der Waals surface area contributed by atoms with Crippen molar-refractivity contribution in [2.45, 2.75) is 24.3 Å². The minimum atomic E-state index is -3.52. The van der Waals surface area contributed by atoms with E-state index in [1.165, 1.54) is 0 Å². The minimum Gasteiger partial charge on any atom is -0.388 e. The molecule has 0 aliphatic carbocycles. The van der Waals surface area contributed by atoms with Gasteiger partial charge in [0.15, 0.2) is 0 Å². The lowest BCUT2D eigenvalue weighted by Gasteiger charge is -2.12. The number of aliphatic hydroxyl groups excluding tert-OH is 1. The molecule has 0 saturated heterocycles. The van der Waals surface area contributed by atoms with Gasteiger partial charge in [-0.3, -0.25) is 0 Å². The third-order valence-electron chi connectivity index (χ3n) is 3.19. The van der Waals surface area contributed by atoms with Crippen molar-refractivity contribution in [1.29, 1.82) is 0 Å². The molecule has 0 aliphatic rings. The monoisotopic (exact) mass is 305 g/mol. The van der Waals surface area contributed by atoms with Crippen molar-refractivity contribution in [2.24, 2.45) is 0 Å². The van der Waals surface area contributed by atoms with Crippen LogP contribution >= 0.6 is 0 Å². The number of aryl methyl sites for hydroxylation is 1. The van der Waals surface area contributed by atoms with Crippen LogP contribution in [0.1, 0.15) is 23.7 Å². The minimum absolute atomic E-state index is 0.187. The van der Waals surface area contributed by atoms with Crippen molar-refractivity contribution in [2.75, 3.05) is 6.54 Å². The second-order valence-electron chi connectivity index (χ2n) is 4.93. The van der Waals surface area contributed by atoms with Crippen LogP contribution in [0.4, 0.5) is 0 Å². The van der Waals surface area contributed by atoms with Gasteiger partial charge in [0.25, 0.3) is 0 Å². The molecule has 0 aromatic heterocycles. The largest absolute Gasteiger partial charge is 0.388 e. The fourth-order valence-corrected chi connectivity index (χ4v) is 3.19. The van der Waals surface area contributed by atoms with Crippen molar-refractivity contribution in [3.05, 3.63) is 65.7 Å². The summed E-state index contributed by atoms with van der Waals surface area (Å²) < 4.78 is 26.7. The normalized spacial score (nSPS) is 13.0. The van der Waals surface area contributed by atoms with Gasteiger partial charge in [0, 0.05) is 6.54 Å². The Hall–Kier alpha value is -1.69. The van der Waals surface area contributed by atoms with Gasteiger partial charge in [0.1, 0.15) is 0 Å². The first-order chi connectivity index (χ1) is 9.99. The van der Waals surface area contributed by atoms with E-state index in [0.29, 0.717) is 6.42 Å². The summed E-state index contributed by atoms with van der Waals surface area (Å²) in [5.41, 5.74) is 1.68. The van der Waals surface area contributed by atoms with Crippen molar-refractivity contribution in [1.82, 2.24) is 4.72 Å². The molecule has 1 unspecified atom stereocenters. The van der Waals surface area contributed by atoms with Gasteiger partial charge >= 0.3 is 0 Å². The maximum absolute atomic E-state index is 12.1. The lowest BCUT2D eigenvalue weighted by molar-refractivity contribution is 0.169. The van der Waals surface area contributed by atoms with Gasteiger partial charge in [-0.25, -0.2) is 13.1 Å². The lowest BCUT2D eigenvalue weighted by Crippen LogP contribution is -2.26. The summed E-state index contributed by atoms with van der Waals surface area (Å²) in [4.78, 5) is 0.247. The van der Waals surface area contributed by atoms with E-state index in [0.717, 1.165) is 11.1 Å². The fourth-order valence-electron chi connectivity index (χ4n) is 2.04. The number of aliphatic hydroxyl groups is 1. The first-order valence-corrected chi connectivity index (χ1v) is 8.27. The molecule has 21 heavy (non-hydrogen) atoms. The van der Waals surface area contributed by atoms with Crippen molar-refractivity contribution in [3.8, 4) is 0 Å². The van der Waals surface area contributed by atoms with Crippen LogP contribution in [0.2, 0.25) is 0 Å². The van der Waals surface area contributed by atoms with Gasteiger partial charge in [-0.1, -0.05) is 42.5 Å². The molecule has 0 spiro atoms. The smallest absolute Gasteiger partial charge is 0.240 e. The van der Waals surface area contributed by atoms with Crippen molar-refractivity contribution >= 4 is 10.0 Å². The number of hydrogen-bond donors (Lipinski definition) is 2. The summed E-state index contributed by atoms with van der Waals surface area (Å²) >= 11 is 0. The second-order valence-corrected chi connectivity index (χ2v) is 6.70. The predicted molar refractivity (Wildman–Crippen MR) is 82.4 cm³/mol. The van der Waals surface area contributed by atoms with Gasteiger partial charge in [-0.2, -0.15) is 0 Å². The molecule has 0 saturated carbocycles. The van der Waals surface area contributed by atoms with E-state index in [1.807, 2.05) is 43.3 Å². The molecule has 0 bridgehead atoms. The first-order valence-electron chi connectivity index (χ1n) is 6.78. The van der Waals surface area contributed by atoms with Crippen molar-refractivity contribution in [3.63, 3.8) is 0 Å². The Labute approximate surface area is 125 Å². The number of hydrogen-bond acceptors (Lipinski definition) is 3. The molecule has 2 rings (SSSR count). The van der Waals surface area contributed by atoms with Crippen LogP contribution in [0.25, 0.3) is 0 Å². The van der Waals surface area contributed by atoms with Gasteiger partial charge in [0.2, 0.25) is 10.0 Å². The molecule has 2 aromatic carbocycles. The third-order valence-corrected chi connectivity index (χ3v) is 4.65. The molecular formula is C16H19NO3S. The molecular weight excluding hydrogens is 286 g/mol. The fraction of sp³-hybridized carbons (Fsp3) is 0.250. The zero-order chi connectivity index (χ0) is 15.3. The van der Waals surface area contributed by atoms with Crippen LogP contribution in [-0.4, -0.2) is 20.1 Å². The molecule has 0 aliphatic heterocycles. The summed E-state index contributed by atoms with van der Waals surface area (Å²) in [7, 11) is -3.52. The Kier molecular flexibility index (Phi) is 5.12. The summed E-state index contributed by atoms with van der Waals surface area (Å²) in [6.07, 6.45) is -0.346. The summed E-state index contributed by atoms with van der Waals surface area (Å²) in [6, 6.07) is 15.9. The Morgan fingerprint density at radius 1 is 1.10 bits per heavy atom. The molecule has 2 N–H and O–H groups in total. The van der Waals surface area contributed by atoms with Crippen LogP contribution in [0, 0.1) is 6.92 Å². The zero-order valence-electron chi connectivity index (χ0n) is 11.9. The Bertz CT molecular complexity index is 684. The summed E-state index contributed by atoms with van der Waals surface area (Å²) in [5, 5.41) is 10.00. The average Bonchev–Trinajstić information content (AvgIpc) is 2.48. The highest BCUT2D eigenvalue weighted by Gasteiger charge is 2.14. The van der Waals surface area contributed by atoms with Crippen LogP contribution in [-0.2, 0) is 10.0 Å². The van der Waals surface area contributed by atoms with E-state index >= 15 is 0 Å². The third kappa shape index (κ3) is 4.39. The molecule has 0 radical (unpaired) electrons. The quantitative estimate of drug-likeness (QED) is 0.861. The predicted octanol–water partition coefficient (Wildman–Crippen LogP) is 2.40. The summed E-state index contributed by atoms with van der Waals surface area (Å²) in [5.74, 6) is 0. The van der Waals surface area contributed by atoms with E-state index in [-0.39, 0.29) is 11.4 Å². The molecule has 0 amide bonds. The maximum atomic E-state index is 12.1. The molecule has 0 fully saturated rings. The van der Waals surface area contributed by atoms with Gasteiger partial charge in [-0.05, 0) is 36.6 Å². The van der Waals surface area contributed by atoms with E-state index in [9.17, 15) is 13.5 Å². The summed E-state index contributed by atoms with van der Waals surface area (Å²) in [6.45, 7) is 2.03. The van der Waals surface area contributed by atoms with E-state index in [1.54, 1.807) is 18.2 Å². The number of nitrogens with one attached hydrogen (secondary N) is 1. The number of benzene rings is 2. The highest BCUT2D eigenvalue weighted by atomic mass is 32.2. The molecule has 0 heterocycles. The van der Waals surface area contributed by atoms with E-state index in [2.05, 4.69) is 4.72 Å². The zero-order valence-corrected chi connectivity index (χ0v) is 12.7. The van der Waals surface area contributed by atoms with Gasteiger partial charge in [-0.15, -0.1) is 0 Å². The maximum Gasteiger partial charge on any atom is 0.240 e. The van der Waals surface area contributed by atoms with Gasteiger partial charge in [0.05, 0.1) is 11.0 Å². The second kappa shape index (κ2) is 6.85. The Balaban J connectivity index is 1.94. The first kappa shape index (κ1) is 15.7. The Morgan fingerprint density at radius 3 is 2.48 bits per heavy atom. The molecule has 4 nitrogen and oxygen atoms in total. The highest BCUT2D eigenvalue weighted by Crippen LogP contribution is 2.16. The Morgan fingerprint density at radius 2 is 1.81 bits per heavy atom. The van der Waals surface area contributed by atoms with Crippen molar-refractivity contribution < 1.29 is 13.5 Å². The van der Waals surface area contributed by atoms with E-state index in [4.69, 9.17) is 0 Å². The highest BCUT2D eigenvalue weighted by molar-refractivity contribution is 7.89.